The highest BCUT2D eigenvalue weighted by atomic mass is 16.4. The minimum atomic E-state index is -1.03. The van der Waals surface area contributed by atoms with Gasteiger partial charge in [0.1, 0.15) is 6.54 Å². The fraction of sp³-hybridized carbons (Fsp3) is 0.500. The van der Waals surface area contributed by atoms with Gasteiger partial charge in [-0.25, -0.2) is 4.79 Å². The molecule has 1 rings (SSSR count). The van der Waals surface area contributed by atoms with E-state index < -0.39 is 12.0 Å². The number of aliphatic carboxylic acids is 1. The van der Waals surface area contributed by atoms with E-state index in [1.54, 1.807) is 19.1 Å². The van der Waals surface area contributed by atoms with Crippen molar-refractivity contribution in [3.63, 3.8) is 0 Å². The summed E-state index contributed by atoms with van der Waals surface area (Å²) in [7, 11) is 0. The Balaban J connectivity index is 2.81. The van der Waals surface area contributed by atoms with Gasteiger partial charge >= 0.3 is 12.0 Å². The molecule has 110 valence electrons. The highest BCUT2D eigenvalue weighted by Gasteiger charge is 2.18. The van der Waals surface area contributed by atoms with Crippen molar-refractivity contribution in [3.05, 3.63) is 23.5 Å². The molecular formula is C14H21N3O3. The normalized spacial score (nSPS) is 10.4. The van der Waals surface area contributed by atoms with E-state index in [1.165, 1.54) is 4.90 Å². The Bertz CT molecular complexity index is 500. The summed E-state index contributed by atoms with van der Waals surface area (Å²) in [5.41, 5.74) is 2.17. The number of carboxylic acid groups (broad SMARTS) is 1. The summed E-state index contributed by atoms with van der Waals surface area (Å²) in [5.74, 6) is -0.836. The predicted molar refractivity (Wildman–Crippen MR) is 76.8 cm³/mol. The van der Waals surface area contributed by atoms with E-state index >= 15 is 0 Å². The Morgan fingerprint density at radius 2 is 2.00 bits per heavy atom. The van der Waals surface area contributed by atoms with Crippen LogP contribution in [-0.2, 0) is 4.79 Å². The minimum Gasteiger partial charge on any atom is -0.480 e. The summed E-state index contributed by atoms with van der Waals surface area (Å²) in [6.45, 7) is 7.60. The van der Waals surface area contributed by atoms with Crippen LogP contribution >= 0.6 is 0 Å². The van der Waals surface area contributed by atoms with Gasteiger partial charge < -0.3 is 15.3 Å². The van der Waals surface area contributed by atoms with Gasteiger partial charge in [-0.15, -0.1) is 0 Å². The van der Waals surface area contributed by atoms with E-state index in [0.29, 0.717) is 17.9 Å². The molecule has 0 atom stereocenters. The lowest BCUT2D eigenvalue weighted by Gasteiger charge is -2.23. The van der Waals surface area contributed by atoms with Gasteiger partial charge in [-0.1, -0.05) is 13.8 Å². The molecular weight excluding hydrogens is 258 g/mol. The number of hydrogen-bond donors (Lipinski definition) is 2. The number of carbonyl (C=O) groups is 2. The number of aromatic nitrogens is 1. The SMILES string of the molecule is Cc1ccc(NC(=O)N(CC(=O)O)CC(C)C)c(C)n1. The van der Waals surface area contributed by atoms with Gasteiger partial charge in [-0.05, 0) is 31.9 Å². The Morgan fingerprint density at radius 1 is 1.35 bits per heavy atom. The Kier molecular flexibility index (Phi) is 5.49. The quantitative estimate of drug-likeness (QED) is 0.866. The van der Waals surface area contributed by atoms with Gasteiger partial charge in [-0.3, -0.25) is 9.78 Å². The zero-order valence-electron chi connectivity index (χ0n) is 12.3. The van der Waals surface area contributed by atoms with Crippen LogP contribution in [-0.4, -0.2) is 40.1 Å². The van der Waals surface area contributed by atoms with Crippen LogP contribution in [0.1, 0.15) is 25.2 Å². The largest absolute Gasteiger partial charge is 0.480 e. The van der Waals surface area contributed by atoms with E-state index in [0.717, 1.165) is 5.69 Å². The number of amides is 2. The molecule has 0 aromatic carbocycles. The van der Waals surface area contributed by atoms with E-state index in [2.05, 4.69) is 10.3 Å². The maximum Gasteiger partial charge on any atom is 0.323 e. The van der Waals surface area contributed by atoms with Gasteiger partial charge in [0.15, 0.2) is 0 Å². The molecule has 0 aliphatic rings. The molecule has 6 nitrogen and oxygen atoms in total. The highest BCUT2D eigenvalue weighted by Crippen LogP contribution is 2.13. The number of nitrogens with zero attached hydrogens (tertiary/aromatic N) is 2. The molecule has 0 fully saturated rings. The number of urea groups is 1. The number of carbonyl (C=O) groups excluding carboxylic acids is 1. The van der Waals surface area contributed by atoms with Crippen molar-refractivity contribution in [1.29, 1.82) is 0 Å². The van der Waals surface area contributed by atoms with Crippen LogP contribution in [0.5, 0.6) is 0 Å². The number of nitrogens with one attached hydrogen (secondary N) is 1. The summed E-state index contributed by atoms with van der Waals surface area (Å²) in [5, 5.41) is 11.6. The Morgan fingerprint density at radius 3 is 2.50 bits per heavy atom. The van der Waals surface area contributed by atoms with Crippen LogP contribution in [0.4, 0.5) is 10.5 Å². The summed E-state index contributed by atoms with van der Waals surface area (Å²) in [6, 6.07) is 3.14. The lowest BCUT2D eigenvalue weighted by atomic mass is 10.2. The van der Waals surface area contributed by atoms with Gasteiger partial charge in [0.05, 0.1) is 11.4 Å². The van der Waals surface area contributed by atoms with Gasteiger partial charge in [-0.2, -0.15) is 0 Å². The number of pyridine rings is 1. The first-order valence-electron chi connectivity index (χ1n) is 6.51. The van der Waals surface area contributed by atoms with Crippen LogP contribution in [0, 0.1) is 19.8 Å². The van der Waals surface area contributed by atoms with Gasteiger partial charge in [0.25, 0.3) is 0 Å². The first-order chi connectivity index (χ1) is 9.29. The summed E-state index contributed by atoms with van der Waals surface area (Å²) < 4.78 is 0. The summed E-state index contributed by atoms with van der Waals surface area (Å²) in [6.07, 6.45) is 0. The molecule has 0 unspecified atom stereocenters. The molecule has 0 spiro atoms. The van der Waals surface area contributed by atoms with Crippen molar-refractivity contribution in [3.8, 4) is 0 Å². The van der Waals surface area contributed by atoms with Crippen molar-refractivity contribution in [2.24, 2.45) is 5.92 Å². The summed E-state index contributed by atoms with van der Waals surface area (Å²) >= 11 is 0. The second-order valence-corrected chi connectivity index (χ2v) is 5.18. The molecule has 0 saturated carbocycles. The summed E-state index contributed by atoms with van der Waals surface area (Å²) in [4.78, 5) is 28.5. The average Bonchev–Trinajstić information content (AvgIpc) is 2.30. The maximum atomic E-state index is 12.1. The number of carboxylic acids is 1. The number of hydrogen-bond acceptors (Lipinski definition) is 3. The third kappa shape index (κ3) is 4.87. The van der Waals surface area contributed by atoms with Crippen LogP contribution in [0.25, 0.3) is 0 Å². The molecule has 2 amide bonds. The van der Waals surface area contributed by atoms with E-state index in [4.69, 9.17) is 5.11 Å². The monoisotopic (exact) mass is 279 g/mol. The Hall–Kier alpha value is -2.11. The van der Waals surface area contributed by atoms with Crippen molar-refractivity contribution in [2.45, 2.75) is 27.7 Å². The highest BCUT2D eigenvalue weighted by molar-refractivity contribution is 5.91. The average molecular weight is 279 g/mol. The van der Waals surface area contributed by atoms with Crippen LogP contribution in [0.2, 0.25) is 0 Å². The van der Waals surface area contributed by atoms with Crippen molar-refractivity contribution < 1.29 is 14.7 Å². The van der Waals surface area contributed by atoms with Crippen LogP contribution < -0.4 is 5.32 Å². The fourth-order valence-corrected chi connectivity index (χ4v) is 1.84. The minimum absolute atomic E-state index is 0.192. The van der Waals surface area contributed by atoms with E-state index in [9.17, 15) is 9.59 Å². The van der Waals surface area contributed by atoms with Crippen molar-refractivity contribution in [1.82, 2.24) is 9.88 Å². The topological polar surface area (TPSA) is 82.5 Å². The van der Waals surface area contributed by atoms with Crippen LogP contribution in [0.3, 0.4) is 0 Å². The molecule has 0 aliphatic carbocycles. The second kappa shape index (κ2) is 6.88. The van der Waals surface area contributed by atoms with E-state index in [1.807, 2.05) is 20.8 Å². The molecule has 1 aromatic rings. The zero-order chi connectivity index (χ0) is 15.3. The van der Waals surface area contributed by atoms with Gasteiger partial charge in [0, 0.05) is 12.2 Å². The molecule has 0 bridgehead atoms. The van der Waals surface area contributed by atoms with Crippen molar-refractivity contribution >= 4 is 17.7 Å². The molecule has 1 aromatic heterocycles. The molecule has 20 heavy (non-hydrogen) atoms. The first-order valence-corrected chi connectivity index (χ1v) is 6.51. The van der Waals surface area contributed by atoms with Gasteiger partial charge in [0.2, 0.25) is 0 Å². The predicted octanol–water partition coefficient (Wildman–Crippen LogP) is 2.27. The molecule has 6 heteroatoms. The number of rotatable bonds is 5. The Labute approximate surface area is 118 Å². The molecule has 0 radical (unpaired) electrons. The van der Waals surface area contributed by atoms with Crippen LogP contribution in [0.15, 0.2) is 12.1 Å². The molecule has 0 aliphatic heterocycles. The first kappa shape index (κ1) is 15.9. The number of anilines is 1. The zero-order valence-corrected chi connectivity index (χ0v) is 12.3. The van der Waals surface area contributed by atoms with E-state index in [-0.39, 0.29) is 12.5 Å². The molecule has 2 N–H and O–H groups in total. The second-order valence-electron chi connectivity index (χ2n) is 5.18. The van der Waals surface area contributed by atoms with Crippen molar-refractivity contribution in [2.75, 3.05) is 18.4 Å². The third-order valence-corrected chi connectivity index (χ3v) is 2.67. The lowest BCUT2D eigenvalue weighted by Crippen LogP contribution is -2.41. The molecule has 1 heterocycles. The fourth-order valence-electron chi connectivity index (χ4n) is 1.84. The number of aryl methyl sites for hydroxylation is 2. The molecule has 0 saturated heterocycles. The lowest BCUT2D eigenvalue weighted by molar-refractivity contribution is -0.137. The standard InChI is InChI=1S/C14H21N3O3/c1-9(2)7-17(8-13(18)19)14(20)16-12-6-5-10(3)15-11(12)4/h5-6,9H,7-8H2,1-4H3,(H,16,20)(H,18,19). The smallest absolute Gasteiger partial charge is 0.323 e. The maximum absolute atomic E-state index is 12.1. The third-order valence-electron chi connectivity index (χ3n) is 2.67.